The molecule has 2 aromatic carbocycles. The van der Waals surface area contributed by atoms with Crippen molar-refractivity contribution in [1.29, 1.82) is 0 Å². The van der Waals surface area contributed by atoms with Crippen LogP contribution >= 0.6 is 0 Å². The van der Waals surface area contributed by atoms with Gasteiger partial charge in [-0.05, 0) is 37.6 Å². The molecule has 1 aliphatic heterocycles. The number of para-hydroxylation sites is 1. The van der Waals surface area contributed by atoms with E-state index in [1.54, 1.807) is 0 Å². The number of hydrogen-bond donors (Lipinski definition) is 3. The Kier molecular flexibility index (Phi) is 6.64. The summed E-state index contributed by atoms with van der Waals surface area (Å²) >= 11 is 0. The molecule has 7 nitrogen and oxygen atoms in total. The number of benzene rings is 2. The van der Waals surface area contributed by atoms with Crippen molar-refractivity contribution in [3.8, 4) is 11.3 Å². The molecule has 0 saturated carbocycles. The molecule has 0 amide bonds. The maximum atomic E-state index is 10.8. The molecule has 162 valence electrons. The Balaban J connectivity index is 1.67. The van der Waals surface area contributed by atoms with E-state index in [0.717, 1.165) is 53.5 Å². The lowest BCUT2D eigenvalue weighted by atomic mass is 10.0. The topological polar surface area (TPSA) is 82.5 Å². The number of aromatic nitrogens is 2. The van der Waals surface area contributed by atoms with Crippen LogP contribution in [0.15, 0.2) is 54.6 Å². The zero-order chi connectivity index (χ0) is 21.6. The van der Waals surface area contributed by atoms with E-state index < -0.39 is 6.23 Å². The van der Waals surface area contributed by atoms with Gasteiger partial charge in [0.05, 0.1) is 18.9 Å². The van der Waals surface area contributed by atoms with Crippen molar-refractivity contribution >= 4 is 17.5 Å². The molecule has 4 rings (SSSR count). The van der Waals surface area contributed by atoms with Gasteiger partial charge in [0.25, 0.3) is 0 Å². The zero-order valence-electron chi connectivity index (χ0n) is 18.0. The first kappa shape index (κ1) is 21.1. The number of aryl methyl sites for hydroxylation is 1. The average Bonchev–Trinajstić information content (AvgIpc) is 2.80. The summed E-state index contributed by atoms with van der Waals surface area (Å²) in [7, 11) is 0. The van der Waals surface area contributed by atoms with Crippen molar-refractivity contribution in [2.75, 3.05) is 48.4 Å². The van der Waals surface area contributed by atoms with E-state index in [0.29, 0.717) is 19.2 Å². The van der Waals surface area contributed by atoms with Crippen LogP contribution in [-0.4, -0.2) is 47.9 Å². The van der Waals surface area contributed by atoms with E-state index in [2.05, 4.69) is 22.5 Å². The summed E-state index contributed by atoms with van der Waals surface area (Å²) in [5.41, 5.74) is 4.54. The van der Waals surface area contributed by atoms with Crippen LogP contribution in [0.1, 0.15) is 24.3 Å². The Bertz CT molecular complexity index is 1010. The van der Waals surface area contributed by atoms with E-state index in [-0.39, 0.29) is 0 Å². The normalized spacial score (nSPS) is 14.9. The van der Waals surface area contributed by atoms with Gasteiger partial charge in [-0.3, -0.25) is 0 Å². The minimum absolute atomic E-state index is 0.606. The molecular weight excluding hydrogens is 390 g/mol. The fourth-order valence-electron chi connectivity index (χ4n) is 3.63. The molecule has 0 radical (unpaired) electrons. The third-order valence-corrected chi connectivity index (χ3v) is 5.31. The molecular formula is C24H29N5O2. The third kappa shape index (κ3) is 5.13. The number of aliphatic hydroxyl groups excluding tert-OH is 1. The predicted octanol–water partition coefficient (Wildman–Crippen LogP) is 3.82. The number of anilines is 3. The number of rotatable bonds is 7. The largest absolute Gasteiger partial charge is 0.378 e. The van der Waals surface area contributed by atoms with Gasteiger partial charge in [-0.1, -0.05) is 30.3 Å². The van der Waals surface area contributed by atoms with E-state index in [9.17, 15) is 5.11 Å². The van der Waals surface area contributed by atoms with Gasteiger partial charge in [-0.15, -0.1) is 0 Å². The number of nitrogens with one attached hydrogen (secondary N) is 2. The van der Waals surface area contributed by atoms with Crippen molar-refractivity contribution in [2.45, 2.75) is 20.1 Å². The predicted molar refractivity (Wildman–Crippen MR) is 124 cm³/mol. The molecule has 1 saturated heterocycles. The number of morpholine rings is 1. The summed E-state index contributed by atoms with van der Waals surface area (Å²) < 4.78 is 5.49. The lowest BCUT2D eigenvalue weighted by Gasteiger charge is -2.28. The quantitative estimate of drug-likeness (QED) is 0.502. The molecule has 1 unspecified atom stereocenters. The van der Waals surface area contributed by atoms with Crippen molar-refractivity contribution in [1.82, 2.24) is 9.97 Å². The molecule has 1 atom stereocenters. The molecule has 0 bridgehead atoms. The van der Waals surface area contributed by atoms with Crippen LogP contribution in [0.2, 0.25) is 0 Å². The second-order valence-corrected chi connectivity index (χ2v) is 7.55. The highest BCUT2D eigenvalue weighted by Crippen LogP contribution is 2.29. The summed E-state index contributed by atoms with van der Waals surface area (Å²) in [6.07, 6.45) is -0.824. The molecule has 3 N–H and O–H groups in total. The first-order chi connectivity index (χ1) is 15.1. The number of hydrogen-bond acceptors (Lipinski definition) is 7. The smallest absolute Gasteiger partial charge is 0.225 e. The molecule has 31 heavy (non-hydrogen) atoms. The summed E-state index contributed by atoms with van der Waals surface area (Å²) in [5.74, 6) is 1.49. The van der Waals surface area contributed by atoms with Crippen LogP contribution < -0.4 is 15.5 Å². The molecule has 3 aromatic rings. The fraction of sp³-hybridized carbons (Fsp3) is 0.333. The molecule has 1 aromatic heterocycles. The van der Waals surface area contributed by atoms with E-state index in [1.165, 1.54) is 0 Å². The highest BCUT2D eigenvalue weighted by molar-refractivity contribution is 5.69. The van der Waals surface area contributed by atoms with Gasteiger partial charge in [0.2, 0.25) is 5.95 Å². The third-order valence-electron chi connectivity index (χ3n) is 5.31. The summed E-state index contributed by atoms with van der Waals surface area (Å²) in [6, 6.07) is 17.7. The lowest BCUT2D eigenvalue weighted by Crippen LogP contribution is -2.37. The zero-order valence-corrected chi connectivity index (χ0v) is 18.0. The van der Waals surface area contributed by atoms with Crippen molar-refractivity contribution in [3.05, 3.63) is 65.7 Å². The monoisotopic (exact) mass is 419 g/mol. The van der Waals surface area contributed by atoms with E-state index >= 15 is 0 Å². The Labute approximate surface area is 183 Å². The Hall–Kier alpha value is -3.16. The van der Waals surface area contributed by atoms with Crippen LogP contribution in [0.25, 0.3) is 11.3 Å². The van der Waals surface area contributed by atoms with Gasteiger partial charge in [0.15, 0.2) is 6.23 Å². The Morgan fingerprint density at radius 3 is 2.58 bits per heavy atom. The van der Waals surface area contributed by atoms with Crippen molar-refractivity contribution in [2.24, 2.45) is 0 Å². The van der Waals surface area contributed by atoms with Gasteiger partial charge in [-0.2, -0.15) is 4.98 Å². The van der Waals surface area contributed by atoms with Gasteiger partial charge in [0, 0.05) is 42.5 Å². The van der Waals surface area contributed by atoms with E-state index in [4.69, 9.17) is 14.7 Å². The highest BCUT2D eigenvalue weighted by atomic mass is 16.5. The summed E-state index contributed by atoms with van der Waals surface area (Å²) in [4.78, 5) is 11.7. The second-order valence-electron chi connectivity index (χ2n) is 7.55. The SMILES string of the molecule is CCNc1nc(-c2cc(C(O)Nc3ccccc3)ccc2C)cc(N2CCOCC2)n1. The molecule has 0 spiro atoms. The molecule has 2 heterocycles. The average molecular weight is 420 g/mol. The van der Waals surface area contributed by atoms with Crippen LogP contribution in [0.3, 0.4) is 0 Å². The first-order valence-electron chi connectivity index (χ1n) is 10.7. The lowest BCUT2D eigenvalue weighted by molar-refractivity contribution is 0.122. The second kappa shape index (κ2) is 9.76. The van der Waals surface area contributed by atoms with Gasteiger partial charge in [-0.25, -0.2) is 4.98 Å². The fourth-order valence-corrected chi connectivity index (χ4v) is 3.63. The number of nitrogens with zero attached hydrogens (tertiary/aromatic N) is 3. The van der Waals surface area contributed by atoms with Crippen molar-refractivity contribution < 1.29 is 9.84 Å². The number of aliphatic hydroxyl groups is 1. The molecule has 0 aliphatic carbocycles. The van der Waals surface area contributed by atoms with Crippen LogP contribution in [0.5, 0.6) is 0 Å². The van der Waals surface area contributed by atoms with Crippen LogP contribution in [0.4, 0.5) is 17.5 Å². The Morgan fingerprint density at radius 1 is 1.06 bits per heavy atom. The summed E-state index contributed by atoms with van der Waals surface area (Å²) in [6.45, 7) is 7.83. The minimum atomic E-state index is -0.824. The molecule has 1 fully saturated rings. The Morgan fingerprint density at radius 2 is 1.84 bits per heavy atom. The van der Waals surface area contributed by atoms with Crippen LogP contribution in [-0.2, 0) is 4.74 Å². The maximum absolute atomic E-state index is 10.8. The van der Waals surface area contributed by atoms with Gasteiger partial charge in [0.1, 0.15) is 5.82 Å². The van der Waals surface area contributed by atoms with Crippen molar-refractivity contribution in [3.63, 3.8) is 0 Å². The first-order valence-corrected chi connectivity index (χ1v) is 10.7. The number of ether oxygens (including phenoxy) is 1. The highest BCUT2D eigenvalue weighted by Gasteiger charge is 2.17. The van der Waals surface area contributed by atoms with Gasteiger partial charge < -0.3 is 25.4 Å². The molecule has 1 aliphatic rings. The maximum Gasteiger partial charge on any atom is 0.225 e. The van der Waals surface area contributed by atoms with E-state index in [1.807, 2.05) is 61.5 Å². The van der Waals surface area contributed by atoms with Gasteiger partial charge >= 0.3 is 0 Å². The van der Waals surface area contributed by atoms with Crippen LogP contribution in [0, 0.1) is 6.92 Å². The standard InChI is InChI=1S/C24H29N5O2/c1-3-25-24-27-21(16-22(28-24)29-11-13-31-14-12-29)20-15-18(10-9-17(20)2)23(30)26-19-7-5-4-6-8-19/h4-10,15-16,23,26,30H,3,11-14H2,1-2H3,(H,25,27,28). The minimum Gasteiger partial charge on any atom is -0.378 e. The summed E-state index contributed by atoms with van der Waals surface area (Å²) in [5, 5.41) is 17.1. The molecule has 7 heteroatoms.